The second kappa shape index (κ2) is 9.41. The van der Waals surface area contributed by atoms with Gasteiger partial charge in [-0.2, -0.15) is 10.2 Å². The van der Waals surface area contributed by atoms with Gasteiger partial charge in [0.2, 0.25) is 0 Å². The van der Waals surface area contributed by atoms with Crippen molar-refractivity contribution in [2.24, 2.45) is 0 Å². The summed E-state index contributed by atoms with van der Waals surface area (Å²) in [6, 6.07) is 3.73. The van der Waals surface area contributed by atoms with Gasteiger partial charge >= 0.3 is 0 Å². The van der Waals surface area contributed by atoms with Crippen LogP contribution in [0.4, 0.5) is 16.0 Å². The molecular formula is C23H25FN10O2. The Hall–Kier alpha value is -4.26. The number of hydrogen-bond acceptors (Lipinski definition) is 9. The molecule has 0 radical (unpaired) electrons. The van der Waals surface area contributed by atoms with Gasteiger partial charge in [-0.15, -0.1) is 0 Å². The molecule has 4 heterocycles. The van der Waals surface area contributed by atoms with E-state index >= 15 is 0 Å². The highest BCUT2D eigenvalue weighted by Crippen LogP contribution is 2.46. The van der Waals surface area contributed by atoms with Crippen molar-refractivity contribution in [3.63, 3.8) is 0 Å². The predicted molar refractivity (Wildman–Crippen MR) is 126 cm³/mol. The van der Waals surface area contributed by atoms with Gasteiger partial charge in [0.15, 0.2) is 17.5 Å². The molecule has 0 saturated heterocycles. The molecule has 0 unspecified atom stereocenters. The summed E-state index contributed by atoms with van der Waals surface area (Å²) in [4.78, 5) is 30.7. The highest BCUT2D eigenvalue weighted by atomic mass is 19.1. The van der Waals surface area contributed by atoms with E-state index in [1.165, 1.54) is 30.4 Å². The van der Waals surface area contributed by atoms with E-state index in [2.05, 4.69) is 45.9 Å². The molecule has 1 fully saturated rings. The molecule has 4 aromatic rings. The van der Waals surface area contributed by atoms with Gasteiger partial charge in [-0.25, -0.2) is 24.0 Å². The molecule has 0 spiro atoms. The number of hydrogen-bond donors (Lipinski definition) is 3. The number of rotatable bonds is 8. The third kappa shape index (κ3) is 4.77. The monoisotopic (exact) mass is 492 g/mol. The Morgan fingerprint density at radius 3 is 2.67 bits per heavy atom. The Labute approximate surface area is 205 Å². The average Bonchev–Trinajstić information content (AvgIpc) is 3.45. The number of H-pyrrole nitrogens is 1. The van der Waals surface area contributed by atoms with Crippen molar-refractivity contribution in [3.8, 4) is 5.82 Å². The summed E-state index contributed by atoms with van der Waals surface area (Å²) < 4.78 is 20.1. The van der Waals surface area contributed by atoms with Crippen LogP contribution in [-0.2, 0) is 16.1 Å². The minimum Gasteiger partial charge on any atom is -0.368 e. The standard InChI is InChI=1S/C23H25FN10O2/c1-13-4-18(30-19-5-14(2)32-33-19)31-21(29-13)15-6-23(7-15,36-3)22(35)27-10-17-9-26-20(11-25-17)34-12-16(24)8-28-34/h4-5,8-9,11-12,15H,6-7,10H2,1-3H3,(H,27,35)(H2,29,30,31,32,33)/t15-,23+. The van der Waals surface area contributed by atoms with Gasteiger partial charge in [-0.3, -0.25) is 14.9 Å². The minimum atomic E-state index is -0.968. The first-order valence-electron chi connectivity index (χ1n) is 11.3. The van der Waals surface area contributed by atoms with E-state index in [-0.39, 0.29) is 18.4 Å². The van der Waals surface area contributed by atoms with Crippen LogP contribution in [-0.4, -0.2) is 58.5 Å². The highest BCUT2D eigenvalue weighted by molar-refractivity contribution is 5.86. The van der Waals surface area contributed by atoms with Gasteiger partial charge in [0.05, 0.1) is 37.0 Å². The maximum atomic E-state index is 13.1. The molecule has 1 amide bonds. The molecule has 1 aliphatic carbocycles. The average molecular weight is 493 g/mol. The normalized spacial score (nSPS) is 19.1. The van der Waals surface area contributed by atoms with Crippen molar-refractivity contribution in [1.82, 2.24) is 45.2 Å². The van der Waals surface area contributed by atoms with Crippen molar-refractivity contribution in [3.05, 3.63) is 65.6 Å². The van der Waals surface area contributed by atoms with E-state index in [0.717, 1.165) is 17.6 Å². The number of halogens is 1. The number of aryl methyl sites for hydroxylation is 2. The lowest BCUT2D eigenvalue weighted by Crippen LogP contribution is -2.56. The quantitative estimate of drug-likeness (QED) is 0.337. The van der Waals surface area contributed by atoms with Crippen LogP contribution in [0.2, 0.25) is 0 Å². The van der Waals surface area contributed by atoms with Gasteiger partial charge in [0, 0.05) is 36.5 Å². The summed E-state index contributed by atoms with van der Waals surface area (Å²) in [5.41, 5.74) is 1.33. The summed E-state index contributed by atoms with van der Waals surface area (Å²) in [5.74, 6) is 1.62. The summed E-state index contributed by atoms with van der Waals surface area (Å²) in [5, 5.41) is 17.0. The molecule has 5 rings (SSSR count). The molecule has 13 heteroatoms. The Balaban J connectivity index is 1.20. The van der Waals surface area contributed by atoms with E-state index in [4.69, 9.17) is 4.74 Å². The number of carbonyl (C=O) groups excluding carboxylic acids is 1. The highest BCUT2D eigenvalue weighted by Gasteiger charge is 2.52. The zero-order valence-electron chi connectivity index (χ0n) is 20.0. The van der Waals surface area contributed by atoms with Gasteiger partial charge in [0.25, 0.3) is 5.91 Å². The molecule has 36 heavy (non-hydrogen) atoms. The molecule has 0 atom stereocenters. The SMILES string of the molecule is CO[C@]1(C(=O)NCc2cnc(-n3cc(F)cn3)cn2)C[C@H](c2nc(C)cc(Nc3cc(C)[nH]n3)n2)C1. The Bertz CT molecular complexity index is 1380. The first kappa shape index (κ1) is 23.5. The van der Waals surface area contributed by atoms with Crippen molar-refractivity contribution in [2.45, 2.75) is 44.8 Å². The van der Waals surface area contributed by atoms with Gasteiger partial charge in [0.1, 0.15) is 17.2 Å². The molecule has 0 aliphatic heterocycles. The number of amides is 1. The van der Waals surface area contributed by atoms with Crippen molar-refractivity contribution < 1.29 is 13.9 Å². The molecule has 186 valence electrons. The van der Waals surface area contributed by atoms with Crippen LogP contribution in [0.5, 0.6) is 0 Å². The van der Waals surface area contributed by atoms with Crippen molar-refractivity contribution in [1.29, 1.82) is 0 Å². The lowest BCUT2D eigenvalue weighted by Gasteiger charge is -2.44. The largest absolute Gasteiger partial charge is 0.368 e. The molecule has 4 aromatic heterocycles. The van der Waals surface area contributed by atoms with Gasteiger partial charge in [-0.1, -0.05) is 0 Å². The first-order valence-corrected chi connectivity index (χ1v) is 11.3. The lowest BCUT2D eigenvalue weighted by atomic mass is 9.69. The molecule has 1 aliphatic rings. The van der Waals surface area contributed by atoms with E-state index in [9.17, 15) is 9.18 Å². The number of aromatic amines is 1. The zero-order chi connectivity index (χ0) is 25.3. The van der Waals surface area contributed by atoms with Gasteiger partial charge < -0.3 is 15.4 Å². The summed E-state index contributed by atoms with van der Waals surface area (Å²) in [6.45, 7) is 3.99. The third-order valence-electron chi connectivity index (χ3n) is 6.06. The fourth-order valence-corrected chi connectivity index (χ4v) is 4.13. The van der Waals surface area contributed by atoms with Crippen LogP contribution in [0.3, 0.4) is 0 Å². The van der Waals surface area contributed by atoms with Crippen LogP contribution in [0, 0.1) is 19.7 Å². The fourth-order valence-electron chi connectivity index (χ4n) is 4.13. The zero-order valence-corrected chi connectivity index (χ0v) is 20.0. The minimum absolute atomic E-state index is 0.0226. The molecular weight excluding hydrogens is 467 g/mol. The number of aromatic nitrogens is 8. The number of ether oxygens (including phenoxy) is 1. The summed E-state index contributed by atoms with van der Waals surface area (Å²) in [6.07, 6.45) is 6.17. The van der Waals surface area contributed by atoms with Crippen LogP contribution in [0.15, 0.2) is 36.9 Å². The summed E-state index contributed by atoms with van der Waals surface area (Å²) >= 11 is 0. The molecule has 12 nitrogen and oxygen atoms in total. The lowest BCUT2D eigenvalue weighted by molar-refractivity contribution is -0.157. The third-order valence-corrected chi connectivity index (χ3v) is 6.06. The van der Waals surface area contributed by atoms with E-state index in [1.807, 2.05) is 26.0 Å². The van der Waals surface area contributed by atoms with Crippen molar-refractivity contribution in [2.75, 3.05) is 12.4 Å². The Morgan fingerprint density at radius 1 is 1.19 bits per heavy atom. The molecule has 0 aromatic carbocycles. The van der Waals surface area contributed by atoms with Gasteiger partial charge in [-0.05, 0) is 26.7 Å². The Kier molecular flexibility index (Phi) is 6.14. The molecule has 1 saturated carbocycles. The second-order valence-corrected chi connectivity index (χ2v) is 8.77. The molecule has 3 N–H and O–H groups in total. The van der Waals surface area contributed by atoms with E-state index in [1.54, 1.807) is 0 Å². The number of nitrogens with one attached hydrogen (secondary N) is 3. The smallest absolute Gasteiger partial charge is 0.252 e. The van der Waals surface area contributed by atoms with Crippen LogP contribution in [0.25, 0.3) is 5.82 Å². The molecule has 0 bridgehead atoms. The first-order chi connectivity index (χ1) is 17.3. The van der Waals surface area contributed by atoms with Crippen LogP contribution in [0.1, 0.15) is 41.7 Å². The Morgan fingerprint density at radius 2 is 2.03 bits per heavy atom. The van der Waals surface area contributed by atoms with Crippen LogP contribution >= 0.6 is 0 Å². The van der Waals surface area contributed by atoms with Crippen LogP contribution < -0.4 is 10.6 Å². The predicted octanol–water partition coefficient (Wildman–Crippen LogP) is 2.25. The number of anilines is 2. The number of carbonyl (C=O) groups is 1. The fraction of sp³-hybridized carbons (Fsp3) is 0.348. The maximum absolute atomic E-state index is 13.1. The summed E-state index contributed by atoms with van der Waals surface area (Å²) in [7, 11) is 1.53. The second-order valence-electron chi connectivity index (χ2n) is 8.77. The number of methoxy groups -OCH3 is 1. The maximum Gasteiger partial charge on any atom is 0.252 e. The van der Waals surface area contributed by atoms with E-state index in [0.29, 0.717) is 41.8 Å². The topological polar surface area (TPSA) is 148 Å². The number of nitrogens with zero attached hydrogens (tertiary/aromatic N) is 7. The van der Waals surface area contributed by atoms with E-state index < -0.39 is 11.4 Å². The van der Waals surface area contributed by atoms with Crippen molar-refractivity contribution >= 4 is 17.5 Å².